The molecule has 0 unspecified atom stereocenters. The van der Waals surface area contributed by atoms with E-state index in [9.17, 15) is 45.6 Å². The van der Waals surface area contributed by atoms with E-state index < -0.39 is 80.6 Å². The van der Waals surface area contributed by atoms with Gasteiger partial charge in [0.1, 0.15) is 55.9 Å². The Bertz CT molecular complexity index is 924. The molecule has 8 N–H and O–H groups in total. The Morgan fingerprint density at radius 2 is 1.78 bits per heavy atom. The molecule has 2 fully saturated rings. The van der Waals surface area contributed by atoms with Crippen LogP contribution >= 0.6 is 0 Å². The molecule has 0 aromatic heterocycles. The van der Waals surface area contributed by atoms with E-state index in [1.807, 2.05) is 0 Å². The van der Waals surface area contributed by atoms with Gasteiger partial charge in [-0.3, -0.25) is 0 Å². The lowest BCUT2D eigenvalue weighted by molar-refractivity contribution is -0.383. The lowest BCUT2D eigenvalue weighted by Crippen LogP contribution is -2.62. The van der Waals surface area contributed by atoms with E-state index in [0.29, 0.717) is 5.56 Å². The second kappa shape index (κ2) is 11.8. The summed E-state index contributed by atoms with van der Waals surface area (Å²) in [6.07, 6.45) is -11.1. The quantitative estimate of drug-likeness (QED) is 0.118. The molecule has 2 heterocycles. The lowest BCUT2D eigenvalue weighted by atomic mass is 9.99. The van der Waals surface area contributed by atoms with Crippen molar-refractivity contribution in [2.75, 3.05) is 26.9 Å². The largest absolute Gasteiger partial charge is 0.504 e. The van der Waals surface area contributed by atoms with E-state index in [4.69, 9.17) is 23.7 Å². The van der Waals surface area contributed by atoms with E-state index >= 15 is 0 Å². The number of methoxy groups -OCH3 is 1. The standard InChI is InChI=1S/C22H30O14/c1-32-12-6-10(2-4-11(12)25)3-5-15(26)33-8-14-16(27)18(29)19(30)21(34-14)36-22(9-24)20(31)17(28)13(7-23)35-22/h2-6,13-14,16-21,23-25,27-31H,7-9H2,1H3/b5-3+/t13-,14-,16-,17-,18+,19-,20-,21-,22+/m1/s1. The number of rotatable bonds is 9. The fraction of sp³-hybridized carbons (Fsp3) is 0.591. The monoisotopic (exact) mass is 518 g/mol. The molecule has 1 aromatic rings. The highest BCUT2D eigenvalue weighted by Crippen LogP contribution is 2.36. The average molecular weight is 518 g/mol. The van der Waals surface area contributed by atoms with E-state index in [2.05, 4.69) is 0 Å². The molecule has 0 amide bonds. The predicted molar refractivity (Wildman–Crippen MR) is 116 cm³/mol. The summed E-state index contributed by atoms with van der Waals surface area (Å²) in [6.45, 7) is -2.34. The summed E-state index contributed by atoms with van der Waals surface area (Å²) in [7, 11) is 1.36. The van der Waals surface area contributed by atoms with Crippen LogP contribution in [0.2, 0.25) is 0 Å². The first-order valence-electron chi connectivity index (χ1n) is 10.9. The normalized spacial score (nSPS) is 36.8. The molecule has 9 atom stereocenters. The van der Waals surface area contributed by atoms with Crippen molar-refractivity contribution in [2.45, 2.75) is 54.8 Å². The van der Waals surface area contributed by atoms with Gasteiger partial charge in [-0.2, -0.15) is 0 Å². The third-order valence-electron chi connectivity index (χ3n) is 5.90. The molecule has 0 aliphatic carbocycles. The number of aromatic hydroxyl groups is 1. The van der Waals surface area contributed by atoms with Crippen molar-refractivity contribution < 1.29 is 69.3 Å². The van der Waals surface area contributed by atoms with Gasteiger partial charge in [0.05, 0.1) is 13.7 Å². The van der Waals surface area contributed by atoms with Gasteiger partial charge in [-0.25, -0.2) is 4.79 Å². The van der Waals surface area contributed by atoms with Crippen LogP contribution in [0.25, 0.3) is 6.08 Å². The molecule has 0 bridgehead atoms. The van der Waals surface area contributed by atoms with Gasteiger partial charge in [0, 0.05) is 6.08 Å². The van der Waals surface area contributed by atoms with E-state index in [0.717, 1.165) is 6.08 Å². The third kappa shape index (κ3) is 5.78. The number of carbonyl (C=O) groups is 1. The predicted octanol–water partition coefficient (Wildman–Crippen LogP) is -3.42. The first-order chi connectivity index (χ1) is 17.1. The zero-order chi connectivity index (χ0) is 26.6. The molecule has 3 rings (SSSR count). The van der Waals surface area contributed by atoms with Crippen LogP contribution in [0, 0.1) is 0 Å². The fourth-order valence-corrected chi connectivity index (χ4v) is 3.79. The molecule has 14 nitrogen and oxygen atoms in total. The van der Waals surface area contributed by atoms with Crippen molar-refractivity contribution in [2.24, 2.45) is 0 Å². The minimum Gasteiger partial charge on any atom is -0.504 e. The maximum Gasteiger partial charge on any atom is 0.330 e. The molecule has 2 aliphatic heterocycles. The number of carbonyl (C=O) groups excluding carboxylic acids is 1. The molecular weight excluding hydrogens is 488 g/mol. The first-order valence-corrected chi connectivity index (χ1v) is 10.9. The summed E-state index contributed by atoms with van der Waals surface area (Å²) in [6, 6.07) is 4.36. The maximum atomic E-state index is 12.1. The summed E-state index contributed by atoms with van der Waals surface area (Å²) in [5, 5.41) is 79.6. The molecular formula is C22H30O14. The summed E-state index contributed by atoms with van der Waals surface area (Å²) < 4.78 is 26.0. The van der Waals surface area contributed by atoms with Crippen LogP contribution in [0.5, 0.6) is 11.5 Å². The van der Waals surface area contributed by atoms with E-state index in [1.165, 1.54) is 31.4 Å². The first kappa shape index (κ1) is 28.2. The Morgan fingerprint density at radius 3 is 2.39 bits per heavy atom. The highest BCUT2D eigenvalue weighted by Gasteiger charge is 2.58. The highest BCUT2D eigenvalue weighted by atomic mass is 16.8. The van der Waals surface area contributed by atoms with Crippen LogP contribution in [0.4, 0.5) is 0 Å². The van der Waals surface area contributed by atoms with Crippen LogP contribution < -0.4 is 4.74 Å². The third-order valence-corrected chi connectivity index (χ3v) is 5.90. The van der Waals surface area contributed by atoms with Crippen molar-refractivity contribution in [3.8, 4) is 11.5 Å². The second-order valence-electron chi connectivity index (χ2n) is 8.27. The van der Waals surface area contributed by atoms with Gasteiger partial charge < -0.3 is 64.5 Å². The number of hydrogen-bond acceptors (Lipinski definition) is 14. The van der Waals surface area contributed by atoms with Gasteiger partial charge in [-0.05, 0) is 23.8 Å². The second-order valence-corrected chi connectivity index (χ2v) is 8.27. The van der Waals surface area contributed by atoms with Crippen LogP contribution in [-0.2, 0) is 23.7 Å². The molecule has 0 saturated carbocycles. The number of phenols is 1. The Morgan fingerprint density at radius 1 is 1.06 bits per heavy atom. The zero-order valence-electron chi connectivity index (χ0n) is 19.2. The maximum absolute atomic E-state index is 12.1. The number of aliphatic hydroxyl groups excluding tert-OH is 7. The van der Waals surface area contributed by atoms with Crippen molar-refractivity contribution in [3.63, 3.8) is 0 Å². The average Bonchev–Trinajstić information content (AvgIpc) is 3.12. The van der Waals surface area contributed by atoms with Gasteiger partial charge in [-0.1, -0.05) is 6.07 Å². The molecule has 2 aliphatic rings. The number of hydrogen-bond donors (Lipinski definition) is 8. The van der Waals surface area contributed by atoms with Crippen LogP contribution in [0.1, 0.15) is 5.56 Å². The van der Waals surface area contributed by atoms with Gasteiger partial charge >= 0.3 is 5.97 Å². The van der Waals surface area contributed by atoms with Gasteiger partial charge in [0.15, 0.2) is 17.8 Å². The molecule has 0 spiro atoms. The van der Waals surface area contributed by atoms with E-state index in [-0.39, 0.29) is 11.5 Å². The molecule has 0 radical (unpaired) electrons. The van der Waals surface area contributed by atoms with E-state index in [1.54, 1.807) is 0 Å². The summed E-state index contributed by atoms with van der Waals surface area (Å²) >= 11 is 0. The molecule has 2 saturated heterocycles. The van der Waals surface area contributed by atoms with Crippen molar-refractivity contribution in [1.82, 2.24) is 0 Å². The van der Waals surface area contributed by atoms with Gasteiger partial charge in [-0.15, -0.1) is 0 Å². The smallest absolute Gasteiger partial charge is 0.330 e. The molecule has 202 valence electrons. The minimum absolute atomic E-state index is 0.0851. The van der Waals surface area contributed by atoms with Crippen LogP contribution in [0.3, 0.4) is 0 Å². The van der Waals surface area contributed by atoms with Crippen molar-refractivity contribution in [3.05, 3.63) is 29.8 Å². The minimum atomic E-state index is -2.32. The summed E-state index contributed by atoms with van der Waals surface area (Å²) in [5.74, 6) is -3.07. The number of ether oxygens (including phenoxy) is 5. The topological polar surface area (TPSA) is 225 Å². The highest BCUT2D eigenvalue weighted by molar-refractivity contribution is 5.87. The molecule has 1 aromatic carbocycles. The fourth-order valence-electron chi connectivity index (χ4n) is 3.79. The van der Waals surface area contributed by atoms with Crippen molar-refractivity contribution >= 4 is 12.0 Å². The number of phenolic OH excluding ortho intramolecular Hbond substituents is 1. The summed E-state index contributed by atoms with van der Waals surface area (Å²) in [5.41, 5.74) is 0.510. The summed E-state index contributed by atoms with van der Waals surface area (Å²) in [4.78, 5) is 12.1. The molecule has 36 heavy (non-hydrogen) atoms. The van der Waals surface area contributed by atoms with Crippen LogP contribution in [0.15, 0.2) is 24.3 Å². The Hall–Kier alpha value is -2.37. The SMILES string of the molecule is COc1cc(/C=C/C(=O)OC[C@H]2O[C@H](O[C@]3(CO)O[C@H](CO)[C@@H](O)[C@H]3O)[C@H](O)[C@@H](O)[C@@H]2O)ccc1O. The molecule has 14 heteroatoms. The lowest BCUT2D eigenvalue weighted by Gasteiger charge is -2.43. The Labute approximate surface area is 205 Å². The zero-order valence-corrected chi connectivity index (χ0v) is 19.2. The van der Waals surface area contributed by atoms with Gasteiger partial charge in [0.25, 0.3) is 0 Å². The Kier molecular flexibility index (Phi) is 9.23. The van der Waals surface area contributed by atoms with Crippen molar-refractivity contribution in [1.29, 1.82) is 0 Å². The number of aliphatic hydroxyl groups is 7. The number of benzene rings is 1. The van der Waals surface area contributed by atoms with Crippen LogP contribution in [-0.4, -0.2) is 129 Å². The Balaban J connectivity index is 1.64. The number of esters is 1. The van der Waals surface area contributed by atoms with Gasteiger partial charge in [0.2, 0.25) is 5.79 Å².